The molecular weight excluding hydrogens is 243 g/mol. The first-order valence-corrected chi connectivity index (χ1v) is 3.32. The summed E-state index contributed by atoms with van der Waals surface area (Å²) in [6.45, 7) is 0.250. The van der Waals surface area contributed by atoms with Gasteiger partial charge in [-0.05, 0) is 0 Å². The predicted octanol–water partition coefficient (Wildman–Crippen LogP) is 3.68. The van der Waals surface area contributed by atoms with Crippen molar-refractivity contribution in [2.24, 2.45) is 0 Å². The third-order valence-electron chi connectivity index (χ3n) is 1.53. The number of alkyl halides is 9. The van der Waals surface area contributed by atoms with E-state index in [2.05, 4.69) is 0 Å². The van der Waals surface area contributed by atoms with Crippen LogP contribution in [0.15, 0.2) is 0 Å². The van der Waals surface area contributed by atoms with Gasteiger partial charge < -0.3 is 0 Å². The van der Waals surface area contributed by atoms with E-state index in [9.17, 15) is 39.5 Å². The van der Waals surface area contributed by atoms with Gasteiger partial charge in [0.25, 0.3) is 0 Å². The van der Waals surface area contributed by atoms with Gasteiger partial charge in [0.2, 0.25) is 0 Å². The Hall–Kier alpha value is -0.630. The first-order chi connectivity index (χ1) is 6.31. The van der Waals surface area contributed by atoms with Crippen LogP contribution >= 0.6 is 0 Å². The zero-order valence-electron chi connectivity index (χ0n) is 6.98. The van der Waals surface area contributed by atoms with Gasteiger partial charge in [0, 0.05) is 6.42 Å². The van der Waals surface area contributed by atoms with Gasteiger partial charge in [0.05, 0.1) is 0 Å². The molecule has 0 amide bonds. The van der Waals surface area contributed by atoms with Crippen molar-refractivity contribution in [3.05, 3.63) is 6.42 Å². The maximum Gasteiger partial charge on any atom is 0.460 e. The zero-order valence-corrected chi connectivity index (χ0v) is 6.98. The molecule has 0 nitrogen and oxygen atoms in total. The highest BCUT2D eigenvalue weighted by Gasteiger charge is 2.81. The van der Waals surface area contributed by atoms with Crippen LogP contribution in [0.3, 0.4) is 0 Å². The van der Waals surface area contributed by atoms with Crippen molar-refractivity contribution in [1.82, 2.24) is 0 Å². The van der Waals surface area contributed by atoms with E-state index >= 15 is 0 Å². The minimum Gasteiger partial charge on any atom is -0.199 e. The summed E-state index contributed by atoms with van der Waals surface area (Å²) < 4.78 is 107. The Balaban J connectivity index is 5.38. The molecule has 0 aromatic rings. The largest absolute Gasteiger partial charge is 0.460 e. The van der Waals surface area contributed by atoms with Crippen LogP contribution in [-0.2, 0) is 0 Å². The summed E-state index contributed by atoms with van der Waals surface area (Å²) in [6, 6.07) is 0. The molecule has 0 aromatic carbocycles. The molecule has 91 valence electrons. The second kappa shape index (κ2) is 3.44. The van der Waals surface area contributed by atoms with E-state index in [0.717, 1.165) is 0 Å². The Morgan fingerprint density at radius 3 is 1.20 bits per heavy atom. The molecule has 0 saturated carbocycles. The van der Waals surface area contributed by atoms with Crippen LogP contribution in [0, 0.1) is 6.42 Å². The smallest absolute Gasteiger partial charge is 0.199 e. The van der Waals surface area contributed by atoms with Crippen LogP contribution < -0.4 is 0 Å². The van der Waals surface area contributed by atoms with Gasteiger partial charge in [-0.1, -0.05) is 6.92 Å². The minimum atomic E-state index is -6.80. The molecule has 0 bridgehead atoms. The van der Waals surface area contributed by atoms with Crippen molar-refractivity contribution in [1.29, 1.82) is 0 Å². The Labute approximate surface area is 78.1 Å². The fourth-order valence-electron chi connectivity index (χ4n) is 0.569. The zero-order chi connectivity index (χ0) is 12.7. The minimum absolute atomic E-state index is 0.250. The standard InChI is InChI=1S/C6H4F9/c1-2-3(7,8)4(9,10)5(11,12)6(13,14)15/h2H,1H3. The summed E-state index contributed by atoms with van der Waals surface area (Å²) in [5.41, 5.74) is 0. The summed E-state index contributed by atoms with van der Waals surface area (Å²) >= 11 is 0. The molecule has 0 fully saturated rings. The van der Waals surface area contributed by atoms with Crippen LogP contribution in [0.5, 0.6) is 0 Å². The Bertz CT molecular complexity index is 225. The molecule has 0 aliphatic heterocycles. The molecule has 0 aliphatic carbocycles. The normalized spacial score (nSPS) is 15.6. The van der Waals surface area contributed by atoms with Gasteiger partial charge in [-0.25, -0.2) is 0 Å². The molecule has 0 saturated heterocycles. The van der Waals surface area contributed by atoms with Gasteiger partial charge in [-0.3, -0.25) is 0 Å². The Morgan fingerprint density at radius 1 is 0.667 bits per heavy atom. The highest BCUT2D eigenvalue weighted by Crippen LogP contribution is 2.53. The first-order valence-electron chi connectivity index (χ1n) is 3.32. The molecule has 1 radical (unpaired) electrons. The van der Waals surface area contributed by atoms with Crippen molar-refractivity contribution in [3.63, 3.8) is 0 Å². The Kier molecular flexibility index (Phi) is 3.30. The fraction of sp³-hybridized carbons (Fsp3) is 0.833. The van der Waals surface area contributed by atoms with Crippen molar-refractivity contribution < 1.29 is 39.5 Å². The molecule has 0 aromatic heterocycles. The van der Waals surface area contributed by atoms with Crippen LogP contribution in [-0.4, -0.2) is 23.9 Å². The van der Waals surface area contributed by atoms with E-state index in [1.807, 2.05) is 0 Å². The topological polar surface area (TPSA) is 0 Å². The lowest BCUT2D eigenvalue weighted by atomic mass is 10.0. The number of rotatable bonds is 3. The second-order valence-electron chi connectivity index (χ2n) is 2.56. The maximum atomic E-state index is 12.2. The molecule has 0 N–H and O–H groups in total. The van der Waals surface area contributed by atoms with Gasteiger partial charge in [-0.2, -0.15) is 39.5 Å². The van der Waals surface area contributed by atoms with Crippen molar-refractivity contribution >= 4 is 0 Å². The molecule has 0 atom stereocenters. The van der Waals surface area contributed by atoms with Crippen LogP contribution in [0.4, 0.5) is 39.5 Å². The lowest BCUT2D eigenvalue weighted by molar-refractivity contribution is -0.390. The number of hydrogen-bond acceptors (Lipinski definition) is 0. The van der Waals surface area contributed by atoms with E-state index in [1.54, 1.807) is 0 Å². The first kappa shape index (κ1) is 14.4. The average Bonchev–Trinajstić information content (AvgIpc) is 2.01. The lowest BCUT2D eigenvalue weighted by Gasteiger charge is -2.32. The predicted molar refractivity (Wildman–Crippen MR) is 30.9 cm³/mol. The molecule has 0 spiro atoms. The fourth-order valence-corrected chi connectivity index (χ4v) is 0.569. The van der Waals surface area contributed by atoms with E-state index in [-0.39, 0.29) is 6.92 Å². The van der Waals surface area contributed by atoms with E-state index in [0.29, 0.717) is 0 Å². The second-order valence-corrected chi connectivity index (χ2v) is 2.56. The van der Waals surface area contributed by atoms with Crippen LogP contribution in [0.25, 0.3) is 0 Å². The molecular formula is C6H4F9. The summed E-state index contributed by atoms with van der Waals surface area (Å²) in [7, 11) is 0. The van der Waals surface area contributed by atoms with Crippen molar-refractivity contribution in [2.75, 3.05) is 0 Å². The molecule has 9 heteroatoms. The number of halogens is 9. The summed E-state index contributed by atoms with van der Waals surface area (Å²) in [5.74, 6) is -18.9. The quantitative estimate of drug-likeness (QED) is 0.667. The third-order valence-corrected chi connectivity index (χ3v) is 1.53. The van der Waals surface area contributed by atoms with Gasteiger partial charge in [0.15, 0.2) is 0 Å². The molecule has 0 heterocycles. The van der Waals surface area contributed by atoms with Crippen LogP contribution in [0.1, 0.15) is 6.92 Å². The van der Waals surface area contributed by atoms with Gasteiger partial charge in [-0.15, -0.1) is 0 Å². The highest BCUT2D eigenvalue weighted by molar-refractivity contribution is 5.04. The summed E-state index contributed by atoms with van der Waals surface area (Å²) in [6.07, 6.45) is -7.46. The Morgan fingerprint density at radius 2 is 1.00 bits per heavy atom. The van der Waals surface area contributed by atoms with Crippen molar-refractivity contribution in [2.45, 2.75) is 30.9 Å². The third kappa shape index (κ3) is 2.00. The maximum absolute atomic E-state index is 12.2. The van der Waals surface area contributed by atoms with E-state index in [1.165, 1.54) is 0 Å². The van der Waals surface area contributed by atoms with E-state index < -0.39 is 30.4 Å². The van der Waals surface area contributed by atoms with Crippen molar-refractivity contribution in [3.8, 4) is 0 Å². The molecule has 15 heavy (non-hydrogen) atoms. The molecule has 0 aliphatic rings. The average molecular weight is 247 g/mol. The monoisotopic (exact) mass is 247 g/mol. The van der Waals surface area contributed by atoms with Gasteiger partial charge >= 0.3 is 23.9 Å². The summed E-state index contributed by atoms with van der Waals surface area (Å²) in [4.78, 5) is 0. The summed E-state index contributed by atoms with van der Waals surface area (Å²) in [5, 5.41) is 0. The SMILES string of the molecule is C[CH]C(F)(F)C(F)(F)C(F)(F)C(F)(F)F. The highest BCUT2D eigenvalue weighted by atomic mass is 19.4. The van der Waals surface area contributed by atoms with Gasteiger partial charge in [0.1, 0.15) is 0 Å². The molecule has 0 rings (SSSR count). The van der Waals surface area contributed by atoms with Crippen LogP contribution in [0.2, 0.25) is 0 Å². The van der Waals surface area contributed by atoms with E-state index in [4.69, 9.17) is 0 Å². The molecule has 0 unspecified atom stereocenters. The number of hydrogen-bond donors (Lipinski definition) is 0. The lowest BCUT2D eigenvalue weighted by Crippen LogP contribution is -2.60.